The van der Waals surface area contributed by atoms with Crippen LogP contribution in [0.5, 0.6) is 0 Å². The molecule has 0 atom stereocenters. The molecule has 7 heteroatoms. The van der Waals surface area contributed by atoms with Crippen molar-refractivity contribution in [1.29, 1.82) is 0 Å². The van der Waals surface area contributed by atoms with Crippen LogP contribution in [0, 0.1) is 0 Å². The van der Waals surface area contributed by atoms with Crippen LogP contribution in [0.4, 0.5) is 5.69 Å². The second-order valence-corrected chi connectivity index (χ2v) is 6.50. The van der Waals surface area contributed by atoms with Gasteiger partial charge in [-0.3, -0.25) is 14.6 Å². The number of carbonyl (C=O) groups is 1. The highest BCUT2D eigenvalue weighted by Crippen LogP contribution is 2.46. The fourth-order valence-electron chi connectivity index (χ4n) is 3.18. The zero-order valence-corrected chi connectivity index (χ0v) is 13.7. The van der Waals surface area contributed by atoms with Crippen LogP contribution in [0.1, 0.15) is 5.56 Å². The number of rotatable bonds is 2. The molecule has 0 unspecified atom stereocenters. The van der Waals surface area contributed by atoms with Crippen molar-refractivity contribution in [2.24, 2.45) is 0 Å². The van der Waals surface area contributed by atoms with Crippen LogP contribution < -0.4 is 4.90 Å². The Labute approximate surface area is 137 Å². The van der Waals surface area contributed by atoms with E-state index in [1.165, 1.54) is 0 Å². The molecule has 0 N–H and O–H groups in total. The molecule has 0 radical (unpaired) electrons. The summed E-state index contributed by atoms with van der Waals surface area (Å²) in [4.78, 5) is 16.9. The number of hydrogen-bond acceptors (Lipinski definition) is 5. The minimum Gasteiger partial charge on any atom is -0.379 e. The first-order valence-electron chi connectivity index (χ1n) is 7.41. The van der Waals surface area contributed by atoms with Gasteiger partial charge in [-0.1, -0.05) is 15.9 Å². The molecule has 0 bridgehead atoms. The number of benzene rings is 1. The van der Waals surface area contributed by atoms with E-state index in [2.05, 4.69) is 20.8 Å². The third-order valence-corrected chi connectivity index (χ3v) is 4.76. The van der Waals surface area contributed by atoms with Crippen molar-refractivity contribution in [3.05, 3.63) is 28.2 Å². The molecule has 2 fully saturated rings. The summed E-state index contributed by atoms with van der Waals surface area (Å²) in [5.41, 5.74) is 1.65. The summed E-state index contributed by atoms with van der Waals surface area (Å²) in [5, 5.41) is 0. The van der Waals surface area contributed by atoms with Crippen molar-refractivity contribution in [2.75, 3.05) is 51.1 Å². The monoisotopic (exact) mass is 368 g/mol. The topological polar surface area (TPSA) is 51.2 Å². The molecule has 3 aliphatic rings. The number of anilines is 1. The molecule has 22 heavy (non-hydrogen) atoms. The number of carbonyl (C=O) groups excluding carboxylic acids is 1. The maximum absolute atomic E-state index is 13.0. The third kappa shape index (κ3) is 2.19. The van der Waals surface area contributed by atoms with Crippen molar-refractivity contribution >= 4 is 27.5 Å². The van der Waals surface area contributed by atoms with Gasteiger partial charge in [0, 0.05) is 23.1 Å². The lowest BCUT2D eigenvalue weighted by Crippen LogP contribution is -2.48. The lowest BCUT2D eigenvalue weighted by atomic mass is 10.1. The summed E-state index contributed by atoms with van der Waals surface area (Å²) >= 11 is 3.47. The van der Waals surface area contributed by atoms with Crippen LogP contribution in [0.25, 0.3) is 0 Å². The van der Waals surface area contributed by atoms with E-state index < -0.39 is 5.79 Å². The summed E-state index contributed by atoms with van der Waals surface area (Å²) in [6.45, 7) is 4.45. The minimum atomic E-state index is -1.26. The van der Waals surface area contributed by atoms with E-state index in [0.717, 1.165) is 28.8 Å². The number of ether oxygens (including phenoxy) is 3. The molecule has 3 aliphatic heterocycles. The summed E-state index contributed by atoms with van der Waals surface area (Å²) < 4.78 is 17.8. The summed E-state index contributed by atoms with van der Waals surface area (Å²) in [6.07, 6.45) is 0. The van der Waals surface area contributed by atoms with Crippen molar-refractivity contribution in [3.63, 3.8) is 0 Å². The van der Waals surface area contributed by atoms with Gasteiger partial charge >= 0.3 is 0 Å². The van der Waals surface area contributed by atoms with Gasteiger partial charge in [0.25, 0.3) is 11.7 Å². The predicted octanol–water partition coefficient (Wildman–Crippen LogP) is 1.28. The number of nitrogens with zero attached hydrogens (tertiary/aromatic N) is 2. The second kappa shape index (κ2) is 5.58. The first-order chi connectivity index (χ1) is 10.7. The Hall–Kier alpha value is -0.990. The van der Waals surface area contributed by atoms with Crippen LogP contribution in [-0.2, 0) is 24.8 Å². The Morgan fingerprint density at radius 2 is 1.86 bits per heavy atom. The van der Waals surface area contributed by atoms with Crippen LogP contribution in [0.2, 0.25) is 0 Å². The molecular formula is C15H17BrN2O4. The van der Waals surface area contributed by atoms with E-state index in [9.17, 15) is 4.79 Å². The SMILES string of the molecule is O=C1N(CN2CCOCC2)c2ccc(Br)cc2C12OCCO2. The Morgan fingerprint density at radius 1 is 1.14 bits per heavy atom. The maximum atomic E-state index is 13.0. The van der Waals surface area contributed by atoms with Crippen molar-refractivity contribution in [2.45, 2.75) is 5.79 Å². The van der Waals surface area contributed by atoms with E-state index in [0.29, 0.717) is 33.1 Å². The Morgan fingerprint density at radius 3 is 2.59 bits per heavy atom. The first-order valence-corrected chi connectivity index (χ1v) is 8.20. The van der Waals surface area contributed by atoms with Gasteiger partial charge in [0.2, 0.25) is 0 Å². The molecule has 118 valence electrons. The van der Waals surface area contributed by atoms with Crippen LogP contribution in [0.3, 0.4) is 0 Å². The molecule has 4 rings (SSSR count). The summed E-state index contributed by atoms with van der Waals surface area (Å²) in [7, 11) is 0. The van der Waals surface area contributed by atoms with Gasteiger partial charge in [-0.2, -0.15) is 0 Å². The van der Waals surface area contributed by atoms with Gasteiger partial charge in [-0.25, -0.2) is 0 Å². The fourth-order valence-corrected chi connectivity index (χ4v) is 3.55. The number of hydrogen-bond donors (Lipinski definition) is 0. The number of fused-ring (bicyclic) bond motifs is 2. The average Bonchev–Trinajstić information content (AvgIpc) is 3.10. The molecule has 1 aromatic rings. The molecule has 0 aromatic heterocycles. The first kappa shape index (κ1) is 14.6. The van der Waals surface area contributed by atoms with Gasteiger partial charge < -0.3 is 14.2 Å². The molecule has 2 saturated heterocycles. The molecule has 1 amide bonds. The number of halogens is 1. The van der Waals surface area contributed by atoms with Gasteiger partial charge in [-0.15, -0.1) is 0 Å². The van der Waals surface area contributed by atoms with E-state index in [1.807, 2.05) is 18.2 Å². The number of amides is 1. The molecule has 1 aromatic carbocycles. The van der Waals surface area contributed by atoms with Crippen molar-refractivity contribution in [3.8, 4) is 0 Å². The largest absolute Gasteiger partial charge is 0.379 e. The predicted molar refractivity (Wildman–Crippen MR) is 82.5 cm³/mol. The zero-order chi connectivity index (χ0) is 15.2. The molecule has 6 nitrogen and oxygen atoms in total. The quantitative estimate of drug-likeness (QED) is 0.787. The van der Waals surface area contributed by atoms with Crippen LogP contribution >= 0.6 is 15.9 Å². The zero-order valence-electron chi connectivity index (χ0n) is 12.1. The normalized spacial score (nSPS) is 24.2. The molecule has 0 saturated carbocycles. The van der Waals surface area contributed by atoms with Crippen molar-refractivity contribution in [1.82, 2.24) is 4.90 Å². The highest BCUT2D eigenvalue weighted by atomic mass is 79.9. The fraction of sp³-hybridized carbons (Fsp3) is 0.533. The van der Waals surface area contributed by atoms with Crippen LogP contribution in [-0.4, -0.2) is 57.0 Å². The molecule has 0 aliphatic carbocycles. The maximum Gasteiger partial charge on any atom is 0.293 e. The summed E-state index contributed by atoms with van der Waals surface area (Å²) in [5.74, 6) is -1.39. The van der Waals surface area contributed by atoms with E-state index in [1.54, 1.807) is 4.90 Å². The Balaban J connectivity index is 1.69. The van der Waals surface area contributed by atoms with Crippen molar-refractivity contribution < 1.29 is 19.0 Å². The Kier molecular flexibility index (Phi) is 3.70. The highest BCUT2D eigenvalue weighted by molar-refractivity contribution is 9.10. The van der Waals surface area contributed by atoms with Crippen LogP contribution in [0.15, 0.2) is 22.7 Å². The van der Waals surface area contributed by atoms with E-state index >= 15 is 0 Å². The second-order valence-electron chi connectivity index (χ2n) is 5.58. The molecule has 3 heterocycles. The minimum absolute atomic E-state index is 0.135. The lowest BCUT2D eigenvalue weighted by molar-refractivity contribution is -0.181. The van der Waals surface area contributed by atoms with Gasteiger partial charge in [0.1, 0.15) is 0 Å². The number of morpholine rings is 1. The average molecular weight is 369 g/mol. The van der Waals surface area contributed by atoms with E-state index in [4.69, 9.17) is 14.2 Å². The third-order valence-electron chi connectivity index (χ3n) is 4.27. The van der Waals surface area contributed by atoms with Gasteiger partial charge in [0.05, 0.1) is 38.8 Å². The van der Waals surface area contributed by atoms with Gasteiger partial charge in [0.15, 0.2) is 0 Å². The Bertz CT molecular complexity index is 597. The summed E-state index contributed by atoms with van der Waals surface area (Å²) in [6, 6.07) is 5.79. The van der Waals surface area contributed by atoms with E-state index in [-0.39, 0.29) is 5.91 Å². The molecule has 1 spiro atoms. The lowest BCUT2D eigenvalue weighted by Gasteiger charge is -2.31. The highest BCUT2D eigenvalue weighted by Gasteiger charge is 2.56. The van der Waals surface area contributed by atoms with Gasteiger partial charge in [-0.05, 0) is 18.2 Å². The molecular weight excluding hydrogens is 352 g/mol. The standard InChI is InChI=1S/C15H17BrN2O4/c16-11-1-2-13-12(9-11)15(21-7-8-22-15)14(19)18(13)10-17-3-5-20-6-4-17/h1-2,9H,3-8,10H2. The smallest absolute Gasteiger partial charge is 0.293 e.